The second kappa shape index (κ2) is 17.1. The molecule has 2 aromatic carbocycles. The van der Waals surface area contributed by atoms with Crippen molar-refractivity contribution < 1.29 is 0 Å². The van der Waals surface area contributed by atoms with Gasteiger partial charge in [0.05, 0.1) is 0 Å². The fourth-order valence-corrected chi connectivity index (χ4v) is 4.00. The van der Waals surface area contributed by atoms with Crippen LogP contribution in [-0.4, -0.2) is 24.5 Å². The minimum absolute atomic E-state index is 1.01. The first-order valence-electron chi connectivity index (χ1n) is 12.4. The molecule has 166 valence electrons. The van der Waals surface area contributed by atoms with Gasteiger partial charge in [-0.1, -0.05) is 125 Å². The molecule has 2 heteroatoms. The number of rotatable bonds is 18. The highest BCUT2D eigenvalue weighted by molar-refractivity contribution is 5.17. The van der Waals surface area contributed by atoms with E-state index < -0.39 is 0 Å². The van der Waals surface area contributed by atoms with E-state index in [1.54, 1.807) is 0 Å². The van der Waals surface area contributed by atoms with E-state index in [0.29, 0.717) is 0 Å². The van der Waals surface area contributed by atoms with Crippen molar-refractivity contribution in [3.8, 4) is 0 Å². The lowest BCUT2D eigenvalue weighted by Crippen LogP contribution is -2.32. The van der Waals surface area contributed by atoms with Gasteiger partial charge >= 0.3 is 0 Å². The molecule has 2 rings (SSSR count). The molecule has 0 bridgehead atoms. The van der Waals surface area contributed by atoms with E-state index in [1.165, 1.54) is 75.3 Å². The molecule has 1 N–H and O–H groups in total. The standard InChI is InChI=1S/C28H44N2/c1-2-3-4-5-6-7-8-9-10-17-22-29-23-24-30(25-27-18-13-11-14-19-27)26-28-20-15-12-16-21-28/h11-16,18-21,29H,2-10,17,22-26H2,1H3. The van der Waals surface area contributed by atoms with Gasteiger partial charge in [-0.3, -0.25) is 4.90 Å². The van der Waals surface area contributed by atoms with Gasteiger partial charge in [0.15, 0.2) is 0 Å². The summed E-state index contributed by atoms with van der Waals surface area (Å²) in [6.45, 7) is 7.61. The molecule has 0 saturated heterocycles. The lowest BCUT2D eigenvalue weighted by molar-refractivity contribution is 0.256. The number of hydrogen-bond acceptors (Lipinski definition) is 2. The Morgan fingerprint density at radius 2 is 1.03 bits per heavy atom. The molecule has 0 heterocycles. The van der Waals surface area contributed by atoms with Gasteiger partial charge in [-0.15, -0.1) is 0 Å². The highest BCUT2D eigenvalue weighted by Gasteiger charge is 2.07. The number of nitrogens with one attached hydrogen (secondary N) is 1. The van der Waals surface area contributed by atoms with E-state index in [-0.39, 0.29) is 0 Å². The van der Waals surface area contributed by atoms with Crippen LogP contribution < -0.4 is 5.32 Å². The van der Waals surface area contributed by atoms with Crippen LogP contribution in [0, 0.1) is 0 Å². The molecule has 2 nitrogen and oxygen atoms in total. The number of unbranched alkanes of at least 4 members (excludes halogenated alkanes) is 9. The van der Waals surface area contributed by atoms with Crippen molar-refractivity contribution in [2.24, 2.45) is 0 Å². The summed E-state index contributed by atoms with van der Waals surface area (Å²) in [7, 11) is 0. The molecule has 0 radical (unpaired) electrons. The zero-order valence-electron chi connectivity index (χ0n) is 19.3. The molecular weight excluding hydrogens is 364 g/mol. The summed E-state index contributed by atoms with van der Waals surface area (Å²) in [5.74, 6) is 0. The quantitative estimate of drug-likeness (QED) is 0.262. The molecule has 0 aliphatic heterocycles. The van der Waals surface area contributed by atoms with Gasteiger partial charge in [-0.05, 0) is 24.1 Å². The Kier molecular flexibility index (Phi) is 14.0. The van der Waals surface area contributed by atoms with Crippen LogP contribution in [-0.2, 0) is 13.1 Å². The maximum Gasteiger partial charge on any atom is 0.0237 e. The molecule has 0 saturated carbocycles. The summed E-state index contributed by atoms with van der Waals surface area (Å²) in [5, 5.41) is 3.67. The van der Waals surface area contributed by atoms with Gasteiger partial charge in [-0.25, -0.2) is 0 Å². The smallest absolute Gasteiger partial charge is 0.0237 e. The largest absolute Gasteiger partial charge is 0.315 e. The van der Waals surface area contributed by atoms with Crippen LogP contribution in [0.3, 0.4) is 0 Å². The van der Waals surface area contributed by atoms with Gasteiger partial charge in [0, 0.05) is 26.2 Å². The zero-order valence-corrected chi connectivity index (χ0v) is 19.3. The highest BCUT2D eigenvalue weighted by atomic mass is 15.1. The topological polar surface area (TPSA) is 15.3 Å². The third-order valence-corrected chi connectivity index (χ3v) is 5.81. The summed E-state index contributed by atoms with van der Waals surface area (Å²) < 4.78 is 0. The second-order valence-electron chi connectivity index (χ2n) is 8.61. The molecule has 0 atom stereocenters. The first-order valence-corrected chi connectivity index (χ1v) is 12.4. The summed E-state index contributed by atoms with van der Waals surface area (Å²) in [6, 6.07) is 21.7. The van der Waals surface area contributed by atoms with Gasteiger partial charge < -0.3 is 5.32 Å². The van der Waals surface area contributed by atoms with Gasteiger partial charge in [0.2, 0.25) is 0 Å². The second-order valence-corrected chi connectivity index (χ2v) is 8.61. The Balaban J connectivity index is 1.55. The van der Waals surface area contributed by atoms with Gasteiger partial charge in [-0.2, -0.15) is 0 Å². The van der Waals surface area contributed by atoms with Gasteiger partial charge in [0.25, 0.3) is 0 Å². The first-order chi connectivity index (χ1) is 14.9. The van der Waals surface area contributed by atoms with E-state index in [9.17, 15) is 0 Å². The summed E-state index contributed by atoms with van der Waals surface area (Å²) in [4.78, 5) is 2.55. The number of nitrogens with zero attached hydrogens (tertiary/aromatic N) is 1. The molecule has 0 aromatic heterocycles. The SMILES string of the molecule is CCCCCCCCCCCCNCCN(Cc1ccccc1)Cc1ccccc1. The lowest BCUT2D eigenvalue weighted by atomic mass is 10.1. The molecule has 2 aromatic rings. The van der Waals surface area contributed by atoms with Crippen LogP contribution in [0.2, 0.25) is 0 Å². The Hall–Kier alpha value is -1.64. The molecular formula is C28H44N2. The van der Waals surface area contributed by atoms with Gasteiger partial charge in [0.1, 0.15) is 0 Å². The normalized spacial score (nSPS) is 11.3. The molecule has 0 aliphatic rings. The predicted molar refractivity (Wildman–Crippen MR) is 132 cm³/mol. The summed E-state index contributed by atoms with van der Waals surface area (Å²) in [5.41, 5.74) is 2.78. The van der Waals surface area contributed by atoms with E-state index in [4.69, 9.17) is 0 Å². The van der Waals surface area contributed by atoms with Crippen molar-refractivity contribution in [3.63, 3.8) is 0 Å². The van der Waals surface area contributed by atoms with Crippen molar-refractivity contribution in [2.75, 3.05) is 19.6 Å². The molecule has 0 fully saturated rings. The summed E-state index contributed by atoms with van der Waals surface area (Å²) in [6.07, 6.45) is 14.0. The van der Waals surface area contributed by atoms with Crippen molar-refractivity contribution in [1.29, 1.82) is 0 Å². The van der Waals surface area contributed by atoms with E-state index >= 15 is 0 Å². The number of benzene rings is 2. The average Bonchev–Trinajstić information content (AvgIpc) is 2.78. The lowest BCUT2D eigenvalue weighted by Gasteiger charge is -2.23. The van der Waals surface area contributed by atoms with E-state index in [0.717, 1.165) is 32.7 Å². The fourth-order valence-electron chi connectivity index (χ4n) is 4.00. The van der Waals surface area contributed by atoms with E-state index in [2.05, 4.69) is 77.8 Å². The van der Waals surface area contributed by atoms with E-state index in [1.807, 2.05) is 0 Å². The van der Waals surface area contributed by atoms with Crippen molar-refractivity contribution >= 4 is 0 Å². The van der Waals surface area contributed by atoms with Crippen LogP contribution in [0.4, 0.5) is 0 Å². The Morgan fingerprint density at radius 3 is 1.53 bits per heavy atom. The highest BCUT2D eigenvalue weighted by Crippen LogP contribution is 2.11. The third-order valence-electron chi connectivity index (χ3n) is 5.81. The third kappa shape index (κ3) is 12.1. The van der Waals surface area contributed by atoms with Crippen molar-refractivity contribution in [2.45, 2.75) is 84.2 Å². The van der Waals surface area contributed by atoms with Crippen molar-refractivity contribution in [1.82, 2.24) is 10.2 Å². The molecule has 0 aliphatic carbocycles. The maximum atomic E-state index is 3.67. The minimum atomic E-state index is 1.01. The Labute approximate surface area is 186 Å². The minimum Gasteiger partial charge on any atom is -0.315 e. The van der Waals surface area contributed by atoms with Crippen LogP contribution in [0.15, 0.2) is 60.7 Å². The molecule has 0 unspecified atom stereocenters. The van der Waals surface area contributed by atoms with Crippen molar-refractivity contribution in [3.05, 3.63) is 71.8 Å². The zero-order chi connectivity index (χ0) is 21.1. The van der Waals surface area contributed by atoms with Crippen LogP contribution >= 0.6 is 0 Å². The first kappa shape index (κ1) is 24.6. The Bertz CT molecular complexity index is 570. The van der Waals surface area contributed by atoms with Crippen LogP contribution in [0.5, 0.6) is 0 Å². The maximum absolute atomic E-state index is 3.67. The molecule has 0 amide bonds. The van der Waals surface area contributed by atoms with Crippen LogP contribution in [0.25, 0.3) is 0 Å². The monoisotopic (exact) mass is 408 g/mol. The predicted octanol–water partition coefficient (Wildman–Crippen LogP) is 7.20. The Morgan fingerprint density at radius 1 is 0.567 bits per heavy atom. The fraction of sp³-hybridized carbons (Fsp3) is 0.571. The molecule has 0 spiro atoms. The van der Waals surface area contributed by atoms with Crippen LogP contribution in [0.1, 0.15) is 82.3 Å². The molecule has 30 heavy (non-hydrogen) atoms. The number of hydrogen-bond donors (Lipinski definition) is 1. The average molecular weight is 409 g/mol. The summed E-state index contributed by atoms with van der Waals surface area (Å²) >= 11 is 0.